The summed E-state index contributed by atoms with van der Waals surface area (Å²) < 4.78 is 0. The lowest BCUT2D eigenvalue weighted by Crippen LogP contribution is -2.10. The minimum Gasteiger partial charge on any atom is -0.378 e. The minimum atomic E-state index is -0.986. The minimum absolute atomic E-state index is 0.337. The van der Waals surface area contributed by atoms with Gasteiger partial charge in [-0.2, -0.15) is 0 Å². The average Bonchev–Trinajstić information content (AvgIpc) is 2.64. The molecular formula is C15H23NO2. The highest BCUT2D eigenvalue weighted by Gasteiger charge is 2.27. The highest BCUT2D eigenvalue weighted by molar-refractivity contribution is 6.01. The summed E-state index contributed by atoms with van der Waals surface area (Å²) in [6, 6.07) is 5.52. The van der Waals surface area contributed by atoms with Crippen LogP contribution in [0.5, 0.6) is 0 Å². The van der Waals surface area contributed by atoms with Gasteiger partial charge in [0.1, 0.15) is 0 Å². The van der Waals surface area contributed by atoms with Crippen LogP contribution in [0.2, 0.25) is 0 Å². The summed E-state index contributed by atoms with van der Waals surface area (Å²) in [5.41, 5.74) is 2.45. The normalized spacial score (nSPS) is 16.7. The Kier molecular flexibility index (Phi) is 5.86. The molecule has 2 N–H and O–H groups in total. The second-order valence-electron chi connectivity index (χ2n) is 4.69. The summed E-state index contributed by atoms with van der Waals surface area (Å²) in [5.74, 6) is -0.337. The summed E-state index contributed by atoms with van der Waals surface area (Å²) >= 11 is 0. The molecule has 3 nitrogen and oxygen atoms in total. The number of carbonyl (C=O) groups excluding carboxylic acids is 1. The maximum atomic E-state index is 11.0. The predicted molar refractivity (Wildman–Crippen MR) is 74.6 cm³/mol. The molecule has 0 fully saturated rings. The van der Waals surface area contributed by atoms with Gasteiger partial charge in [-0.25, -0.2) is 0 Å². The second kappa shape index (κ2) is 7.17. The fourth-order valence-corrected chi connectivity index (χ4v) is 1.86. The highest BCUT2D eigenvalue weighted by atomic mass is 16.3. The molecule has 0 aromatic heterocycles. The number of hydrogen-bond donors (Lipinski definition) is 2. The molecule has 0 spiro atoms. The van der Waals surface area contributed by atoms with Gasteiger partial charge in [0.25, 0.3) is 5.91 Å². The Bertz CT molecular complexity index is 397. The van der Waals surface area contributed by atoms with Crippen molar-refractivity contribution in [2.75, 3.05) is 5.32 Å². The molecule has 100 valence electrons. The van der Waals surface area contributed by atoms with Crippen molar-refractivity contribution in [3.63, 3.8) is 0 Å². The van der Waals surface area contributed by atoms with Crippen LogP contribution in [0.15, 0.2) is 18.2 Å². The van der Waals surface area contributed by atoms with E-state index in [4.69, 9.17) is 0 Å². The molecule has 1 aliphatic rings. The quantitative estimate of drug-likeness (QED) is 0.805. The van der Waals surface area contributed by atoms with E-state index in [9.17, 15) is 9.90 Å². The van der Waals surface area contributed by atoms with Crippen molar-refractivity contribution in [3.05, 3.63) is 29.3 Å². The molecule has 18 heavy (non-hydrogen) atoms. The molecule has 2 rings (SSSR count). The molecule has 1 amide bonds. The molecular weight excluding hydrogens is 226 g/mol. The molecule has 0 aliphatic carbocycles. The lowest BCUT2D eigenvalue weighted by Gasteiger charge is -2.00. The number of anilines is 1. The highest BCUT2D eigenvalue weighted by Crippen LogP contribution is 2.30. The van der Waals surface area contributed by atoms with Crippen molar-refractivity contribution < 1.29 is 9.90 Å². The number of unbranched alkanes of at least 4 members (excludes halogenated alkanes) is 3. The molecule has 1 aromatic carbocycles. The number of carbonyl (C=O) groups is 1. The smallest absolute Gasteiger partial charge is 0.257 e. The van der Waals surface area contributed by atoms with Crippen molar-refractivity contribution in [1.29, 1.82) is 0 Å². The first kappa shape index (κ1) is 14.7. The van der Waals surface area contributed by atoms with Gasteiger partial charge in [-0.1, -0.05) is 57.2 Å². The molecule has 0 saturated carbocycles. The monoisotopic (exact) mass is 249 g/mol. The van der Waals surface area contributed by atoms with E-state index in [2.05, 4.69) is 19.2 Å². The van der Waals surface area contributed by atoms with E-state index in [1.54, 1.807) is 6.07 Å². The number of rotatable bonds is 3. The molecule has 0 radical (unpaired) electrons. The lowest BCUT2D eigenvalue weighted by molar-refractivity contribution is -0.123. The third-order valence-corrected chi connectivity index (χ3v) is 2.96. The number of aryl methyl sites for hydroxylation is 1. The van der Waals surface area contributed by atoms with Gasteiger partial charge in [-0.3, -0.25) is 4.79 Å². The van der Waals surface area contributed by atoms with E-state index < -0.39 is 6.10 Å². The van der Waals surface area contributed by atoms with Crippen molar-refractivity contribution >= 4 is 11.6 Å². The summed E-state index contributed by atoms with van der Waals surface area (Å²) in [5, 5.41) is 11.9. The Morgan fingerprint density at radius 1 is 1.22 bits per heavy atom. The molecule has 1 atom stereocenters. The third-order valence-electron chi connectivity index (χ3n) is 2.96. The summed E-state index contributed by atoms with van der Waals surface area (Å²) in [6.45, 7) is 6.39. The fraction of sp³-hybridized carbons (Fsp3) is 0.533. The van der Waals surface area contributed by atoms with Crippen LogP contribution in [0.3, 0.4) is 0 Å². The zero-order chi connectivity index (χ0) is 13.5. The van der Waals surface area contributed by atoms with Crippen LogP contribution >= 0.6 is 0 Å². The summed E-state index contributed by atoms with van der Waals surface area (Å²) in [6.07, 6.45) is 4.55. The van der Waals surface area contributed by atoms with Crippen LogP contribution < -0.4 is 5.32 Å². The zero-order valence-electron chi connectivity index (χ0n) is 11.5. The van der Waals surface area contributed by atoms with Crippen molar-refractivity contribution in [2.45, 2.75) is 52.6 Å². The number of hydrogen-bond acceptors (Lipinski definition) is 2. The molecule has 1 aromatic rings. The van der Waals surface area contributed by atoms with E-state index in [0.29, 0.717) is 5.56 Å². The zero-order valence-corrected chi connectivity index (χ0v) is 11.5. The van der Waals surface area contributed by atoms with E-state index in [0.717, 1.165) is 11.3 Å². The number of benzene rings is 1. The van der Waals surface area contributed by atoms with Crippen LogP contribution in [0.1, 0.15) is 56.8 Å². The maximum absolute atomic E-state index is 11.0. The number of aliphatic hydroxyl groups is 1. The van der Waals surface area contributed by atoms with E-state index in [1.165, 1.54) is 25.7 Å². The van der Waals surface area contributed by atoms with E-state index >= 15 is 0 Å². The number of amides is 1. The Labute approximate surface area is 109 Å². The third kappa shape index (κ3) is 3.84. The van der Waals surface area contributed by atoms with Gasteiger partial charge in [0.2, 0.25) is 0 Å². The van der Waals surface area contributed by atoms with Gasteiger partial charge in [0, 0.05) is 11.3 Å². The molecule has 1 aliphatic heterocycles. The Hall–Kier alpha value is -1.35. The van der Waals surface area contributed by atoms with Crippen LogP contribution in [-0.2, 0) is 4.79 Å². The number of fused-ring (bicyclic) bond motifs is 1. The predicted octanol–water partition coefficient (Wildman–Crippen LogP) is 3.57. The van der Waals surface area contributed by atoms with Crippen molar-refractivity contribution in [3.8, 4) is 0 Å². The lowest BCUT2D eigenvalue weighted by atomic mass is 10.1. The van der Waals surface area contributed by atoms with Crippen LogP contribution in [0.25, 0.3) is 0 Å². The van der Waals surface area contributed by atoms with Gasteiger partial charge in [0.05, 0.1) is 0 Å². The summed E-state index contributed by atoms with van der Waals surface area (Å²) in [7, 11) is 0. The Balaban J connectivity index is 0.000000232. The standard InChI is InChI=1S/C9H9NO2.C6H14/c1-5-2-3-7-6(4-5)8(11)9(12)10-7;1-3-5-6-4-2/h2-4,8,11H,1H3,(H,10,12);3-6H2,1-2H3. The van der Waals surface area contributed by atoms with Gasteiger partial charge in [-0.05, 0) is 13.0 Å². The van der Waals surface area contributed by atoms with E-state index in [1.807, 2.05) is 19.1 Å². The van der Waals surface area contributed by atoms with Crippen LogP contribution in [-0.4, -0.2) is 11.0 Å². The molecule has 3 heteroatoms. The molecule has 0 bridgehead atoms. The van der Waals surface area contributed by atoms with Crippen LogP contribution in [0, 0.1) is 6.92 Å². The SMILES string of the molecule is CCCCCC.Cc1ccc2c(c1)C(O)C(=O)N2. The second-order valence-corrected chi connectivity index (χ2v) is 4.69. The number of nitrogens with one attached hydrogen (secondary N) is 1. The fourth-order valence-electron chi connectivity index (χ4n) is 1.86. The van der Waals surface area contributed by atoms with Gasteiger partial charge < -0.3 is 10.4 Å². The molecule has 0 saturated heterocycles. The largest absolute Gasteiger partial charge is 0.378 e. The van der Waals surface area contributed by atoms with Gasteiger partial charge in [0.15, 0.2) is 6.10 Å². The van der Waals surface area contributed by atoms with Gasteiger partial charge >= 0.3 is 0 Å². The first-order chi connectivity index (χ1) is 8.60. The first-order valence-corrected chi connectivity index (χ1v) is 6.69. The van der Waals surface area contributed by atoms with Crippen molar-refractivity contribution in [2.24, 2.45) is 0 Å². The first-order valence-electron chi connectivity index (χ1n) is 6.69. The average molecular weight is 249 g/mol. The topological polar surface area (TPSA) is 49.3 Å². The Morgan fingerprint density at radius 3 is 2.39 bits per heavy atom. The van der Waals surface area contributed by atoms with Gasteiger partial charge in [-0.15, -0.1) is 0 Å². The summed E-state index contributed by atoms with van der Waals surface area (Å²) in [4.78, 5) is 11.0. The maximum Gasteiger partial charge on any atom is 0.257 e. The number of aliphatic hydroxyl groups excluding tert-OH is 1. The van der Waals surface area contributed by atoms with E-state index in [-0.39, 0.29) is 5.91 Å². The molecule has 1 heterocycles. The molecule has 1 unspecified atom stereocenters. The Morgan fingerprint density at radius 2 is 1.83 bits per heavy atom. The van der Waals surface area contributed by atoms with Crippen LogP contribution in [0.4, 0.5) is 5.69 Å². The van der Waals surface area contributed by atoms with Crippen molar-refractivity contribution in [1.82, 2.24) is 0 Å².